The lowest BCUT2D eigenvalue weighted by Gasteiger charge is -2.34. The van der Waals surface area contributed by atoms with Crippen molar-refractivity contribution in [3.8, 4) is 0 Å². The molecule has 0 radical (unpaired) electrons. The molecular weight excluding hydrogens is 461 g/mol. The number of nitrogens with one attached hydrogen (secondary N) is 1. The third kappa shape index (κ3) is 4.16. The quantitative estimate of drug-likeness (QED) is 0.306. The summed E-state index contributed by atoms with van der Waals surface area (Å²) in [5.41, 5.74) is 1.96. The number of fused-ring (bicyclic) bond motifs is 2. The van der Waals surface area contributed by atoms with Gasteiger partial charge < -0.3 is 4.98 Å². The third-order valence-electron chi connectivity index (χ3n) is 6.61. The summed E-state index contributed by atoms with van der Waals surface area (Å²) in [6.07, 6.45) is -1.12. The molecule has 2 aromatic heterocycles. The average molecular weight is 480 g/mol. The summed E-state index contributed by atoms with van der Waals surface area (Å²) in [5.74, 6) is -3.77. The Labute approximate surface area is 191 Å². The maximum atomic E-state index is 14.1. The van der Waals surface area contributed by atoms with Crippen molar-refractivity contribution in [1.29, 1.82) is 0 Å². The largest absolute Gasteiger partial charge is 0.399 e. The van der Waals surface area contributed by atoms with Crippen molar-refractivity contribution in [2.75, 3.05) is 0 Å². The minimum Gasteiger partial charge on any atom is -0.341 e. The number of hydrogen-bond acceptors (Lipinski definition) is 2. The molecule has 0 bridgehead atoms. The molecule has 1 N–H and O–H groups in total. The smallest absolute Gasteiger partial charge is 0.341 e. The zero-order valence-electron chi connectivity index (χ0n) is 17.3. The Hall–Kier alpha value is -2.74. The van der Waals surface area contributed by atoms with E-state index in [1.165, 1.54) is 18.2 Å². The molecule has 3 nitrogen and oxygen atoms in total. The fraction of sp³-hybridized carbons (Fsp3) is 0.333. The molecule has 5 rings (SSSR count). The van der Waals surface area contributed by atoms with Gasteiger partial charge in [0.2, 0.25) is 0 Å². The molecule has 172 valence electrons. The van der Waals surface area contributed by atoms with E-state index in [4.69, 9.17) is 11.6 Å². The number of hydrogen-bond donors (Lipinski definition) is 1. The van der Waals surface area contributed by atoms with E-state index in [0.717, 1.165) is 11.6 Å². The topological polar surface area (TPSA) is 41.6 Å². The second-order valence-corrected chi connectivity index (χ2v) is 9.01. The normalized spacial score (nSPS) is 20.4. The molecular formula is C24H19ClF5N3. The van der Waals surface area contributed by atoms with Gasteiger partial charge in [0.15, 0.2) is 0 Å². The van der Waals surface area contributed by atoms with Gasteiger partial charge in [0.1, 0.15) is 23.4 Å². The van der Waals surface area contributed by atoms with Crippen molar-refractivity contribution >= 4 is 33.5 Å². The van der Waals surface area contributed by atoms with Gasteiger partial charge in [-0.05, 0) is 73.4 Å². The molecule has 0 saturated heterocycles. The SMILES string of the molecule is Fc1ccc2nccc(C3CCC([C@H](c4nc5cc(F)c(Cl)cc5[nH]4)C(F)(F)F)CC3)c2c1. The van der Waals surface area contributed by atoms with Gasteiger partial charge in [-0.2, -0.15) is 13.2 Å². The zero-order chi connectivity index (χ0) is 23.3. The molecule has 4 aromatic rings. The van der Waals surface area contributed by atoms with Crippen molar-refractivity contribution < 1.29 is 22.0 Å². The van der Waals surface area contributed by atoms with Gasteiger partial charge in [-0.15, -0.1) is 0 Å². The average Bonchev–Trinajstić information content (AvgIpc) is 3.15. The minimum atomic E-state index is -4.51. The summed E-state index contributed by atoms with van der Waals surface area (Å²) in [5, 5.41) is 0.521. The first-order chi connectivity index (χ1) is 15.7. The molecule has 2 heterocycles. The molecule has 2 aromatic carbocycles. The Morgan fingerprint density at radius 1 is 0.970 bits per heavy atom. The summed E-state index contributed by atoms with van der Waals surface area (Å²) in [6, 6.07) is 8.50. The number of aromatic nitrogens is 3. The zero-order valence-corrected chi connectivity index (χ0v) is 18.0. The molecule has 1 aliphatic carbocycles. The van der Waals surface area contributed by atoms with Crippen LogP contribution in [0.2, 0.25) is 5.02 Å². The van der Waals surface area contributed by atoms with Crippen LogP contribution in [0.3, 0.4) is 0 Å². The van der Waals surface area contributed by atoms with Crippen LogP contribution in [0.25, 0.3) is 21.9 Å². The Bertz CT molecular complexity index is 1290. The second-order valence-electron chi connectivity index (χ2n) is 8.60. The van der Waals surface area contributed by atoms with E-state index < -0.39 is 23.8 Å². The predicted molar refractivity (Wildman–Crippen MR) is 116 cm³/mol. The van der Waals surface area contributed by atoms with Gasteiger partial charge in [-0.3, -0.25) is 4.98 Å². The van der Waals surface area contributed by atoms with E-state index >= 15 is 0 Å². The number of aromatic amines is 1. The van der Waals surface area contributed by atoms with Crippen LogP contribution >= 0.6 is 11.6 Å². The highest BCUT2D eigenvalue weighted by Gasteiger charge is 2.48. The van der Waals surface area contributed by atoms with E-state index in [2.05, 4.69) is 15.0 Å². The lowest BCUT2D eigenvalue weighted by molar-refractivity contribution is -0.166. The summed E-state index contributed by atoms with van der Waals surface area (Å²) in [7, 11) is 0. The first-order valence-corrected chi connectivity index (χ1v) is 11.0. The first-order valence-electron chi connectivity index (χ1n) is 10.7. The molecule has 1 atom stereocenters. The Kier molecular flexibility index (Phi) is 5.51. The van der Waals surface area contributed by atoms with Gasteiger partial charge in [0.25, 0.3) is 0 Å². The molecule has 0 aliphatic heterocycles. The van der Waals surface area contributed by atoms with Crippen LogP contribution in [-0.2, 0) is 0 Å². The number of imidazole rings is 1. The number of H-pyrrole nitrogens is 1. The number of halogens is 6. The maximum absolute atomic E-state index is 14.1. The summed E-state index contributed by atoms with van der Waals surface area (Å²) < 4.78 is 70.0. The molecule has 0 amide bonds. The second kappa shape index (κ2) is 8.24. The third-order valence-corrected chi connectivity index (χ3v) is 6.90. The van der Waals surface area contributed by atoms with Gasteiger partial charge in [-0.25, -0.2) is 13.8 Å². The van der Waals surface area contributed by atoms with Gasteiger partial charge in [0.05, 0.1) is 21.6 Å². The lowest BCUT2D eigenvalue weighted by Crippen LogP contribution is -2.31. The molecule has 0 spiro atoms. The van der Waals surface area contributed by atoms with Crippen molar-refractivity contribution in [3.05, 3.63) is 70.6 Å². The maximum Gasteiger partial charge on any atom is 0.399 e. The minimum absolute atomic E-state index is 0.0195. The van der Waals surface area contributed by atoms with Gasteiger partial charge in [0, 0.05) is 17.6 Å². The molecule has 1 aliphatic rings. The van der Waals surface area contributed by atoms with E-state index in [0.29, 0.717) is 36.6 Å². The molecule has 1 saturated carbocycles. The van der Waals surface area contributed by atoms with E-state index in [-0.39, 0.29) is 33.6 Å². The van der Waals surface area contributed by atoms with Crippen molar-refractivity contribution in [3.63, 3.8) is 0 Å². The highest BCUT2D eigenvalue weighted by Crippen LogP contribution is 2.48. The summed E-state index contributed by atoms with van der Waals surface area (Å²) in [6.45, 7) is 0. The number of alkyl halides is 3. The number of pyridine rings is 1. The number of rotatable bonds is 3. The standard InChI is InChI=1S/C24H19ClF5N3/c25-17-10-20-21(11-18(17)27)33-23(32-20)22(24(28,29)30)13-3-1-12(2-4-13)15-7-8-31-19-6-5-14(26)9-16(15)19/h5-13,22H,1-4H2,(H,32,33)/t12?,13?,22-/m1/s1. The van der Waals surface area contributed by atoms with Crippen LogP contribution in [0.4, 0.5) is 22.0 Å². The lowest BCUT2D eigenvalue weighted by atomic mass is 9.73. The van der Waals surface area contributed by atoms with E-state index in [9.17, 15) is 22.0 Å². The van der Waals surface area contributed by atoms with Crippen LogP contribution < -0.4 is 0 Å². The molecule has 1 fully saturated rings. The van der Waals surface area contributed by atoms with Crippen LogP contribution in [-0.4, -0.2) is 21.1 Å². The van der Waals surface area contributed by atoms with Crippen LogP contribution in [0.5, 0.6) is 0 Å². The van der Waals surface area contributed by atoms with Crippen molar-refractivity contribution in [2.24, 2.45) is 5.92 Å². The van der Waals surface area contributed by atoms with Gasteiger partial charge >= 0.3 is 6.18 Å². The Morgan fingerprint density at radius 2 is 1.73 bits per heavy atom. The fourth-order valence-electron chi connectivity index (χ4n) is 5.08. The number of benzene rings is 2. The van der Waals surface area contributed by atoms with Gasteiger partial charge in [-0.1, -0.05) is 11.6 Å². The highest BCUT2D eigenvalue weighted by molar-refractivity contribution is 6.31. The van der Waals surface area contributed by atoms with Crippen LogP contribution in [0, 0.1) is 17.6 Å². The molecule has 33 heavy (non-hydrogen) atoms. The van der Waals surface area contributed by atoms with Crippen LogP contribution in [0.1, 0.15) is 48.9 Å². The predicted octanol–water partition coefficient (Wildman–Crippen LogP) is 7.66. The number of nitrogens with zero attached hydrogens (tertiary/aromatic N) is 2. The Balaban J connectivity index is 1.42. The highest BCUT2D eigenvalue weighted by atomic mass is 35.5. The van der Waals surface area contributed by atoms with E-state index in [1.807, 2.05) is 6.07 Å². The molecule has 0 unspecified atom stereocenters. The molecule has 9 heteroatoms. The van der Waals surface area contributed by atoms with Crippen LogP contribution in [0.15, 0.2) is 42.6 Å². The monoisotopic (exact) mass is 479 g/mol. The van der Waals surface area contributed by atoms with E-state index in [1.54, 1.807) is 12.3 Å². The summed E-state index contributed by atoms with van der Waals surface area (Å²) in [4.78, 5) is 11.0. The Morgan fingerprint density at radius 3 is 2.45 bits per heavy atom. The van der Waals surface area contributed by atoms with Crippen molar-refractivity contribution in [2.45, 2.75) is 43.7 Å². The fourth-order valence-corrected chi connectivity index (χ4v) is 5.24. The summed E-state index contributed by atoms with van der Waals surface area (Å²) >= 11 is 5.77. The first kappa shape index (κ1) is 22.1. The van der Waals surface area contributed by atoms with Crippen molar-refractivity contribution in [1.82, 2.24) is 15.0 Å².